The van der Waals surface area contributed by atoms with Crippen molar-refractivity contribution in [3.8, 4) is 11.8 Å². The summed E-state index contributed by atoms with van der Waals surface area (Å²) in [5.74, 6) is 0.672. The monoisotopic (exact) mass is 233 g/mol. The topological polar surface area (TPSA) is 42.2 Å². The minimum absolute atomic E-state index is 0.288. The molecule has 3 nitrogen and oxygen atoms in total. The van der Waals surface area contributed by atoms with Crippen LogP contribution in [0.5, 0.6) is 5.75 Å². The van der Waals surface area contributed by atoms with Gasteiger partial charge in [0, 0.05) is 6.08 Å². The van der Waals surface area contributed by atoms with Gasteiger partial charge in [-0.25, -0.2) is 0 Å². The summed E-state index contributed by atoms with van der Waals surface area (Å²) in [6, 6.07) is 11.1. The predicted octanol–water partition coefficient (Wildman–Crippen LogP) is 2.84. The molecule has 0 aliphatic heterocycles. The smallest absolute Gasteiger partial charge is 0.193 e. The number of hydrogen-bond donors (Lipinski definition) is 0. The molecule has 16 heavy (non-hydrogen) atoms. The SMILES string of the molecule is CC(C#N)OC=CC(=S)Oc1ccccc1. The summed E-state index contributed by atoms with van der Waals surface area (Å²) >= 11 is 4.95. The van der Waals surface area contributed by atoms with Crippen LogP contribution in [0.25, 0.3) is 0 Å². The van der Waals surface area contributed by atoms with E-state index < -0.39 is 6.10 Å². The first-order chi connectivity index (χ1) is 7.72. The molecule has 1 aromatic carbocycles. The first kappa shape index (κ1) is 12.2. The quantitative estimate of drug-likeness (QED) is 0.455. The highest BCUT2D eigenvalue weighted by Crippen LogP contribution is 2.09. The fourth-order valence-electron chi connectivity index (χ4n) is 0.882. The summed E-state index contributed by atoms with van der Waals surface area (Å²) in [6.07, 6.45) is 2.37. The molecule has 1 unspecified atom stereocenters. The summed E-state index contributed by atoms with van der Waals surface area (Å²) in [6.45, 7) is 1.64. The minimum Gasteiger partial charge on any atom is -0.483 e. The lowest BCUT2D eigenvalue weighted by molar-refractivity contribution is 0.210. The molecule has 0 radical (unpaired) electrons. The second-order valence-electron chi connectivity index (χ2n) is 2.94. The fourth-order valence-corrected chi connectivity index (χ4v) is 1.03. The van der Waals surface area contributed by atoms with Crippen LogP contribution in [0.1, 0.15) is 6.92 Å². The number of ether oxygens (including phenoxy) is 2. The van der Waals surface area contributed by atoms with Crippen molar-refractivity contribution >= 4 is 17.3 Å². The van der Waals surface area contributed by atoms with Crippen LogP contribution in [0.2, 0.25) is 0 Å². The zero-order valence-corrected chi connectivity index (χ0v) is 9.61. The Hall–Kier alpha value is -1.86. The summed E-state index contributed by atoms with van der Waals surface area (Å²) in [5.41, 5.74) is 0. The Labute approximate surface area is 99.9 Å². The van der Waals surface area contributed by atoms with Crippen molar-refractivity contribution in [3.05, 3.63) is 42.7 Å². The van der Waals surface area contributed by atoms with E-state index in [9.17, 15) is 0 Å². The Morgan fingerprint density at radius 2 is 2.12 bits per heavy atom. The van der Waals surface area contributed by atoms with E-state index in [1.807, 2.05) is 24.3 Å². The molecule has 1 aromatic rings. The van der Waals surface area contributed by atoms with Crippen LogP contribution in [0.4, 0.5) is 0 Å². The van der Waals surface area contributed by atoms with Gasteiger partial charge in [-0.2, -0.15) is 5.26 Å². The maximum atomic E-state index is 8.46. The van der Waals surface area contributed by atoms with E-state index in [2.05, 4.69) is 0 Å². The molecule has 1 rings (SSSR count). The Bertz CT molecular complexity index is 409. The van der Waals surface area contributed by atoms with Crippen molar-refractivity contribution in [1.29, 1.82) is 5.26 Å². The van der Waals surface area contributed by atoms with Gasteiger partial charge in [0.05, 0.1) is 6.26 Å². The number of nitriles is 1. The predicted molar refractivity (Wildman–Crippen MR) is 65.0 cm³/mol. The van der Waals surface area contributed by atoms with E-state index in [1.54, 1.807) is 19.1 Å². The second-order valence-corrected chi connectivity index (χ2v) is 3.35. The number of benzene rings is 1. The third kappa shape index (κ3) is 4.58. The van der Waals surface area contributed by atoms with Crippen molar-refractivity contribution < 1.29 is 9.47 Å². The van der Waals surface area contributed by atoms with Crippen molar-refractivity contribution in [2.24, 2.45) is 0 Å². The Morgan fingerprint density at radius 3 is 2.75 bits per heavy atom. The van der Waals surface area contributed by atoms with Crippen LogP contribution in [-0.2, 0) is 4.74 Å². The largest absolute Gasteiger partial charge is 0.483 e. The van der Waals surface area contributed by atoms with E-state index in [1.165, 1.54) is 12.3 Å². The minimum atomic E-state index is -0.490. The van der Waals surface area contributed by atoms with E-state index in [-0.39, 0.29) is 5.05 Å². The average Bonchev–Trinajstić information content (AvgIpc) is 2.30. The van der Waals surface area contributed by atoms with Gasteiger partial charge in [0.1, 0.15) is 11.8 Å². The summed E-state index contributed by atoms with van der Waals surface area (Å²) in [7, 11) is 0. The van der Waals surface area contributed by atoms with Gasteiger partial charge in [-0.15, -0.1) is 0 Å². The third-order valence-electron chi connectivity index (χ3n) is 1.63. The molecule has 0 amide bonds. The number of rotatable bonds is 4. The molecule has 82 valence electrons. The Balaban J connectivity index is 2.40. The maximum absolute atomic E-state index is 8.46. The average molecular weight is 233 g/mol. The molecule has 1 atom stereocenters. The van der Waals surface area contributed by atoms with Gasteiger partial charge in [-0.05, 0) is 31.3 Å². The molecule has 4 heteroatoms. The molecule has 0 aromatic heterocycles. The van der Waals surface area contributed by atoms with Gasteiger partial charge in [-0.1, -0.05) is 18.2 Å². The Morgan fingerprint density at radius 1 is 1.44 bits per heavy atom. The van der Waals surface area contributed by atoms with Crippen LogP contribution in [-0.4, -0.2) is 11.2 Å². The molecular formula is C12H11NO2S. The molecule has 0 bridgehead atoms. The van der Waals surface area contributed by atoms with Crippen LogP contribution < -0.4 is 4.74 Å². The van der Waals surface area contributed by atoms with Crippen molar-refractivity contribution in [2.45, 2.75) is 13.0 Å². The first-order valence-electron chi connectivity index (χ1n) is 4.71. The molecule has 0 saturated heterocycles. The molecule has 0 fully saturated rings. The second kappa shape index (κ2) is 6.59. The van der Waals surface area contributed by atoms with Crippen LogP contribution >= 0.6 is 12.2 Å². The molecule has 0 saturated carbocycles. The zero-order chi connectivity index (χ0) is 11.8. The summed E-state index contributed by atoms with van der Waals surface area (Å²) in [4.78, 5) is 0. The van der Waals surface area contributed by atoms with E-state index in [0.717, 1.165) is 0 Å². The fraction of sp³-hybridized carbons (Fsp3) is 0.167. The van der Waals surface area contributed by atoms with Crippen LogP contribution in [0, 0.1) is 11.3 Å². The van der Waals surface area contributed by atoms with Gasteiger partial charge < -0.3 is 9.47 Å². The number of thiocarbonyl (C=S) groups is 1. The van der Waals surface area contributed by atoms with Gasteiger partial charge in [0.15, 0.2) is 11.2 Å². The molecule has 0 aliphatic rings. The van der Waals surface area contributed by atoms with E-state index >= 15 is 0 Å². The standard InChI is InChI=1S/C12H11NO2S/c1-10(9-13)14-8-7-12(16)15-11-5-3-2-4-6-11/h2-8,10H,1H3. The Kier molecular flexibility index (Phi) is 5.03. The number of nitrogens with zero attached hydrogens (tertiary/aromatic N) is 1. The molecular weight excluding hydrogens is 222 g/mol. The lowest BCUT2D eigenvalue weighted by Gasteiger charge is -2.03. The van der Waals surface area contributed by atoms with E-state index in [0.29, 0.717) is 5.75 Å². The zero-order valence-electron chi connectivity index (χ0n) is 8.79. The van der Waals surface area contributed by atoms with Crippen molar-refractivity contribution in [3.63, 3.8) is 0 Å². The van der Waals surface area contributed by atoms with Crippen molar-refractivity contribution in [2.75, 3.05) is 0 Å². The van der Waals surface area contributed by atoms with Crippen LogP contribution in [0.15, 0.2) is 42.7 Å². The highest BCUT2D eigenvalue weighted by molar-refractivity contribution is 7.80. The highest BCUT2D eigenvalue weighted by Gasteiger charge is 1.97. The number of para-hydroxylation sites is 1. The van der Waals surface area contributed by atoms with Gasteiger partial charge in [-0.3, -0.25) is 0 Å². The first-order valence-corrected chi connectivity index (χ1v) is 5.11. The normalized spacial score (nSPS) is 11.8. The maximum Gasteiger partial charge on any atom is 0.193 e. The summed E-state index contributed by atoms with van der Waals surface area (Å²) < 4.78 is 10.3. The highest BCUT2D eigenvalue weighted by atomic mass is 32.1. The summed E-state index contributed by atoms with van der Waals surface area (Å²) in [5, 5.41) is 8.75. The van der Waals surface area contributed by atoms with Gasteiger partial charge in [0.2, 0.25) is 0 Å². The van der Waals surface area contributed by atoms with E-state index in [4.69, 9.17) is 27.0 Å². The van der Waals surface area contributed by atoms with Gasteiger partial charge >= 0.3 is 0 Å². The van der Waals surface area contributed by atoms with Gasteiger partial charge in [0.25, 0.3) is 0 Å². The lowest BCUT2D eigenvalue weighted by Crippen LogP contribution is -2.03. The molecule has 0 spiro atoms. The third-order valence-corrected chi connectivity index (χ3v) is 1.85. The molecule has 0 heterocycles. The van der Waals surface area contributed by atoms with Crippen LogP contribution in [0.3, 0.4) is 0 Å². The number of hydrogen-bond acceptors (Lipinski definition) is 4. The lowest BCUT2D eigenvalue weighted by atomic mass is 10.3. The molecule has 0 aliphatic carbocycles. The molecule has 0 N–H and O–H groups in total. The van der Waals surface area contributed by atoms with Crippen molar-refractivity contribution in [1.82, 2.24) is 0 Å².